The van der Waals surface area contributed by atoms with Crippen molar-refractivity contribution in [3.05, 3.63) is 58.6 Å². The maximum absolute atomic E-state index is 12.8. The highest BCUT2D eigenvalue weighted by molar-refractivity contribution is 7.89. The predicted molar refractivity (Wildman–Crippen MR) is 107 cm³/mol. The lowest BCUT2D eigenvalue weighted by atomic mass is 10.2. The second kappa shape index (κ2) is 8.91. The summed E-state index contributed by atoms with van der Waals surface area (Å²) in [5, 5.41) is 2.76. The number of nitrogens with one attached hydrogen (secondary N) is 1. The van der Waals surface area contributed by atoms with E-state index in [1.807, 2.05) is 0 Å². The smallest absolute Gasteiger partial charge is 0.337 e. The molecule has 1 heterocycles. The van der Waals surface area contributed by atoms with Crippen molar-refractivity contribution in [1.29, 1.82) is 0 Å². The molecule has 154 valence electrons. The molecule has 0 unspecified atom stereocenters. The molecule has 2 aromatic rings. The van der Waals surface area contributed by atoms with E-state index in [4.69, 9.17) is 16.3 Å². The molecule has 0 bridgehead atoms. The fourth-order valence-electron chi connectivity index (χ4n) is 2.78. The van der Waals surface area contributed by atoms with Gasteiger partial charge in [-0.05, 0) is 42.5 Å². The summed E-state index contributed by atoms with van der Waals surface area (Å²) in [5.74, 6) is -1.06. The van der Waals surface area contributed by atoms with Gasteiger partial charge in [-0.2, -0.15) is 4.31 Å². The number of esters is 1. The molecule has 1 aliphatic heterocycles. The van der Waals surface area contributed by atoms with Gasteiger partial charge in [-0.1, -0.05) is 11.6 Å². The van der Waals surface area contributed by atoms with Crippen LogP contribution in [0.25, 0.3) is 0 Å². The predicted octanol–water partition coefficient (Wildman–Crippen LogP) is 2.40. The molecular weight excluding hydrogens is 420 g/mol. The molecule has 29 heavy (non-hydrogen) atoms. The zero-order valence-corrected chi connectivity index (χ0v) is 17.1. The van der Waals surface area contributed by atoms with Gasteiger partial charge in [-0.25, -0.2) is 13.2 Å². The molecule has 1 amide bonds. The summed E-state index contributed by atoms with van der Waals surface area (Å²) in [6.45, 7) is 1.14. The Morgan fingerprint density at radius 1 is 1.10 bits per heavy atom. The van der Waals surface area contributed by atoms with Crippen LogP contribution in [0.15, 0.2) is 47.4 Å². The Labute approximate surface area is 173 Å². The summed E-state index contributed by atoms with van der Waals surface area (Å²) in [6.07, 6.45) is 0. The average molecular weight is 439 g/mol. The number of rotatable bonds is 5. The van der Waals surface area contributed by atoms with E-state index in [2.05, 4.69) is 10.1 Å². The number of halogens is 1. The van der Waals surface area contributed by atoms with Gasteiger partial charge in [-0.15, -0.1) is 0 Å². The zero-order valence-electron chi connectivity index (χ0n) is 15.6. The van der Waals surface area contributed by atoms with Gasteiger partial charge in [-0.3, -0.25) is 4.79 Å². The Balaban J connectivity index is 1.82. The topological polar surface area (TPSA) is 102 Å². The Morgan fingerprint density at radius 2 is 1.76 bits per heavy atom. The molecule has 0 spiro atoms. The highest BCUT2D eigenvalue weighted by atomic mass is 35.5. The lowest BCUT2D eigenvalue weighted by Gasteiger charge is -2.26. The Kier molecular flexibility index (Phi) is 6.53. The molecule has 3 rings (SSSR count). The second-order valence-corrected chi connectivity index (χ2v) is 8.53. The number of sulfonamides is 1. The third kappa shape index (κ3) is 4.76. The molecule has 8 nitrogen and oxygen atoms in total. The van der Waals surface area contributed by atoms with Crippen molar-refractivity contribution in [2.45, 2.75) is 4.90 Å². The molecular formula is C19H19ClN2O6S. The minimum atomic E-state index is -3.76. The van der Waals surface area contributed by atoms with Gasteiger partial charge in [0.05, 0.1) is 41.4 Å². The van der Waals surface area contributed by atoms with Gasteiger partial charge in [0.1, 0.15) is 0 Å². The van der Waals surface area contributed by atoms with Gasteiger partial charge in [0.2, 0.25) is 10.0 Å². The first-order chi connectivity index (χ1) is 13.8. The molecule has 0 aliphatic carbocycles. The highest BCUT2D eigenvalue weighted by Crippen LogP contribution is 2.24. The van der Waals surface area contributed by atoms with Gasteiger partial charge in [0, 0.05) is 18.8 Å². The second-order valence-electron chi connectivity index (χ2n) is 6.18. The zero-order chi connectivity index (χ0) is 21.0. The minimum absolute atomic E-state index is 0.0185. The van der Waals surface area contributed by atoms with E-state index in [9.17, 15) is 18.0 Å². The van der Waals surface area contributed by atoms with E-state index < -0.39 is 21.9 Å². The van der Waals surface area contributed by atoms with Crippen molar-refractivity contribution in [2.75, 3.05) is 38.7 Å². The van der Waals surface area contributed by atoms with E-state index in [0.717, 1.165) is 0 Å². The first-order valence-electron chi connectivity index (χ1n) is 8.70. The van der Waals surface area contributed by atoms with Gasteiger partial charge in [0.15, 0.2) is 0 Å². The number of carbonyl (C=O) groups excluding carboxylic acids is 2. The monoisotopic (exact) mass is 438 g/mol. The highest BCUT2D eigenvalue weighted by Gasteiger charge is 2.27. The molecule has 10 heteroatoms. The number of anilines is 1. The van der Waals surface area contributed by atoms with Crippen LogP contribution in [0, 0.1) is 0 Å². The van der Waals surface area contributed by atoms with Crippen molar-refractivity contribution >= 4 is 39.2 Å². The summed E-state index contributed by atoms with van der Waals surface area (Å²) < 4.78 is 36.8. The van der Waals surface area contributed by atoms with E-state index in [-0.39, 0.29) is 28.6 Å². The summed E-state index contributed by atoms with van der Waals surface area (Å²) in [4.78, 5) is 24.1. The van der Waals surface area contributed by atoms with Crippen LogP contribution < -0.4 is 5.32 Å². The molecule has 0 aromatic heterocycles. The first kappa shape index (κ1) is 21.3. The van der Waals surface area contributed by atoms with Gasteiger partial charge >= 0.3 is 5.97 Å². The van der Waals surface area contributed by atoms with Crippen LogP contribution in [-0.2, 0) is 19.5 Å². The first-order valence-corrected chi connectivity index (χ1v) is 10.5. The number of morpholine rings is 1. The van der Waals surface area contributed by atoms with Crippen LogP contribution in [-0.4, -0.2) is 58.0 Å². The third-order valence-electron chi connectivity index (χ3n) is 4.35. The molecule has 0 radical (unpaired) electrons. The SMILES string of the molecule is COC(=O)c1ccc(NC(=O)c2cc(S(=O)(=O)N3CCOCC3)ccc2Cl)cc1. The van der Waals surface area contributed by atoms with Crippen molar-refractivity contribution in [2.24, 2.45) is 0 Å². The number of nitrogens with zero attached hydrogens (tertiary/aromatic N) is 1. The quantitative estimate of drug-likeness (QED) is 0.719. The molecule has 0 atom stereocenters. The van der Waals surface area contributed by atoms with Gasteiger partial charge in [0.25, 0.3) is 5.91 Å². The van der Waals surface area contributed by atoms with Crippen LogP contribution in [0.4, 0.5) is 5.69 Å². The summed E-state index contributed by atoms with van der Waals surface area (Å²) in [5.41, 5.74) is 0.778. The number of hydrogen-bond acceptors (Lipinski definition) is 6. The minimum Gasteiger partial charge on any atom is -0.465 e. The standard InChI is InChI=1S/C19H19ClN2O6S/c1-27-19(24)13-2-4-14(5-3-13)21-18(23)16-12-15(6-7-17(16)20)29(25,26)22-8-10-28-11-9-22/h2-7,12H,8-11H2,1H3,(H,21,23). The van der Waals surface area contributed by atoms with Crippen LogP contribution in [0.5, 0.6) is 0 Å². The molecule has 0 saturated carbocycles. The van der Waals surface area contributed by atoms with Crippen molar-refractivity contribution in [3.8, 4) is 0 Å². The van der Waals surface area contributed by atoms with Gasteiger partial charge < -0.3 is 14.8 Å². The van der Waals surface area contributed by atoms with E-state index in [1.54, 1.807) is 0 Å². The van der Waals surface area contributed by atoms with E-state index in [1.165, 1.54) is 53.9 Å². The van der Waals surface area contributed by atoms with Crippen LogP contribution in [0.3, 0.4) is 0 Å². The maximum Gasteiger partial charge on any atom is 0.337 e. The number of benzene rings is 2. The van der Waals surface area contributed by atoms with Crippen molar-refractivity contribution < 1.29 is 27.5 Å². The summed E-state index contributed by atoms with van der Waals surface area (Å²) >= 11 is 6.13. The Morgan fingerprint density at radius 3 is 2.38 bits per heavy atom. The Bertz CT molecular complexity index is 1020. The summed E-state index contributed by atoms with van der Waals surface area (Å²) in [6, 6.07) is 10.1. The number of carbonyl (C=O) groups is 2. The normalized spacial score (nSPS) is 15.0. The molecule has 1 saturated heterocycles. The fraction of sp³-hybridized carbons (Fsp3) is 0.263. The van der Waals surface area contributed by atoms with Crippen molar-refractivity contribution in [3.63, 3.8) is 0 Å². The maximum atomic E-state index is 12.8. The lowest BCUT2D eigenvalue weighted by molar-refractivity contribution is 0.0600. The summed E-state index contributed by atoms with van der Waals surface area (Å²) in [7, 11) is -2.49. The van der Waals surface area contributed by atoms with E-state index >= 15 is 0 Å². The number of hydrogen-bond donors (Lipinski definition) is 1. The van der Waals surface area contributed by atoms with Crippen LogP contribution in [0.2, 0.25) is 5.02 Å². The lowest BCUT2D eigenvalue weighted by Crippen LogP contribution is -2.40. The van der Waals surface area contributed by atoms with E-state index in [0.29, 0.717) is 24.5 Å². The number of ether oxygens (including phenoxy) is 2. The Hall–Kier alpha value is -2.46. The molecule has 1 fully saturated rings. The van der Waals surface area contributed by atoms with Crippen LogP contribution in [0.1, 0.15) is 20.7 Å². The molecule has 2 aromatic carbocycles. The molecule has 1 N–H and O–H groups in total. The fourth-order valence-corrected chi connectivity index (χ4v) is 4.42. The largest absolute Gasteiger partial charge is 0.465 e. The number of methoxy groups -OCH3 is 1. The van der Waals surface area contributed by atoms with Crippen LogP contribution >= 0.6 is 11.6 Å². The average Bonchev–Trinajstić information content (AvgIpc) is 2.74. The van der Waals surface area contributed by atoms with Crippen molar-refractivity contribution in [1.82, 2.24) is 4.31 Å². The molecule has 1 aliphatic rings. The number of amides is 1. The third-order valence-corrected chi connectivity index (χ3v) is 6.58.